The molecule has 1 atom stereocenters. The number of benzene rings is 1. The van der Waals surface area contributed by atoms with E-state index in [0.29, 0.717) is 6.04 Å². The summed E-state index contributed by atoms with van der Waals surface area (Å²) in [6.45, 7) is 3.81. The van der Waals surface area contributed by atoms with E-state index in [1.807, 2.05) is 12.4 Å². The molecule has 3 heteroatoms. The summed E-state index contributed by atoms with van der Waals surface area (Å²) in [4.78, 5) is 6.91. The van der Waals surface area contributed by atoms with Gasteiger partial charge in [-0.25, -0.2) is 0 Å². The minimum Gasteiger partial charge on any atom is -0.381 e. The SMILES string of the molecule is c1cc2cc(N[C@@H]3CCCN(CC4CCCCC4)C3)ccc2cn1. The van der Waals surface area contributed by atoms with Crippen molar-refractivity contribution in [2.45, 2.75) is 51.0 Å². The van der Waals surface area contributed by atoms with Gasteiger partial charge in [0.2, 0.25) is 0 Å². The Bertz CT molecular complexity index is 663. The van der Waals surface area contributed by atoms with Crippen LogP contribution in [-0.2, 0) is 0 Å². The maximum atomic E-state index is 4.20. The average molecular weight is 323 g/mol. The molecule has 2 fully saturated rings. The number of likely N-dealkylation sites (tertiary alicyclic amines) is 1. The topological polar surface area (TPSA) is 28.2 Å². The molecule has 3 nitrogen and oxygen atoms in total. The molecule has 0 spiro atoms. The Morgan fingerprint density at radius 1 is 1.00 bits per heavy atom. The van der Waals surface area contributed by atoms with E-state index >= 15 is 0 Å². The van der Waals surface area contributed by atoms with Crippen LogP contribution in [0.2, 0.25) is 0 Å². The quantitative estimate of drug-likeness (QED) is 0.884. The van der Waals surface area contributed by atoms with Crippen molar-refractivity contribution in [3.8, 4) is 0 Å². The van der Waals surface area contributed by atoms with Crippen molar-refractivity contribution in [2.24, 2.45) is 5.92 Å². The largest absolute Gasteiger partial charge is 0.381 e. The summed E-state index contributed by atoms with van der Waals surface area (Å²) in [7, 11) is 0. The molecule has 0 unspecified atom stereocenters. The molecule has 2 aromatic rings. The van der Waals surface area contributed by atoms with Crippen molar-refractivity contribution in [2.75, 3.05) is 25.0 Å². The Hall–Kier alpha value is -1.61. The summed E-state index contributed by atoms with van der Waals surface area (Å²) in [5.74, 6) is 0.950. The van der Waals surface area contributed by atoms with Crippen LogP contribution in [0.3, 0.4) is 0 Å². The Kier molecular flexibility index (Phi) is 4.98. The number of nitrogens with zero attached hydrogens (tertiary/aromatic N) is 2. The molecule has 1 N–H and O–H groups in total. The summed E-state index contributed by atoms with van der Waals surface area (Å²) < 4.78 is 0. The number of hydrogen-bond donors (Lipinski definition) is 1. The van der Waals surface area contributed by atoms with Gasteiger partial charge < -0.3 is 10.2 Å². The highest BCUT2D eigenvalue weighted by molar-refractivity contribution is 5.84. The van der Waals surface area contributed by atoms with Gasteiger partial charge in [-0.3, -0.25) is 4.98 Å². The van der Waals surface area contributed by atoms with E-state index in [4.69, 9.17) is 0 Å². The lowest BCUT2D eigenvalue weighted by molar-refractivity contribution is 0.166. The van der Waals surface area contributed by atoms with Gasteiger partial charge in [0.25, 0.3) is 0 Å². The molecule has 1 saturated carbocycles. The molecule has 24 heavy (non-hydrogen) atoms. The van der Waals surface area contributed by atoms with Crippen LogP contribution >= 0.6 is 0 Å². The summed E-state index contributed by atoms with van der Waals surface area (Å²) in [5, 5.41) is 6.26. The van der Waals surface area contributed by atoms with Crippen molar-refractivity contribution in [1.82, 2.24) is 9.88 Å². The molecule has 0 bridgehead atoms. The first-order valence-electron chi connectivity index (χ1n) is 9.69. The highest BCUT2D eigenvalue weighted by atomic mass is 15.2. The standard InChI is InChI=1S/C21H29N3/c1-2-5-17(6-3-1)15-24-12-4-7-21(16-24)23-20-9-8-19-14-22-11-10-18(19)13-20/h8-11,13-14,17,21,23H,1-7,12,15-16H2/t21-/m1/s1. The van der Waals surface area contributed by atoms with Gasteiger partial charge >= 0.3 is 0 Å². The van der Waals surface area contributed by atoms with Crippen LogP contribution in [0.25, 0.3) is 10.8 Å². The van der Waals surface area contributed by atoms with Gasteiger partial charge in [0, 0.05) is 42.6 Å². The minimum atomic E-state index is 0.585. The number of rotatable bonds is 4. The highest BCUT2D eigenvalue weighted by Gasteiger charge is 2.23. The van der Waals surface area contributed by atoms with E-state index in [2.05, 4.69) is 39.5 Å². The molecule has 1 saturated heterocycles. The second kappa shape index (κ2) is 7.52. The van der Waals surface area contributed by atoms with Crippen LogP contribution in [0.15, 0.2) is 36.7 Å². The third-order valence-electron chi connectivity index (χ3n) is 5.76. The van der Waals surface area contributed by atoms with Gasteiger partial charge in [-0.15, -0.1) is 0 Å². The molecule has 1 aliphatic carbocycles. The predicted molar refractivity (Wildman–Crippen MR) is 101 cm³/mol. The molecular weight excluding hydrogens is 294 g/mol. The third kappa shape index (κ3) is 3.89. The zero-order valence-electron chi connectivity index (χ0n) is 14.6. The van der Waals surface area contributed by atoms with Crippen molar-refractivity contribution >= 4 is 16.5 Å². The third-order valence-corrected chi connectivity index (χ3v) is 5.76. The van der Waals surface area contributed by atoms with Gasteiger partial charge in [-0.1, -0.05) is 25.3 Å². The Labute approximate surface area is 145 Å². The van der Waals surface area contributed by atoms with Crippen molar-refractivity contribution in [1.29, 1.82) is 0 Å². The molecule has 0 radical (unpaired) electrons. The number of fused-ring (bicyclic) bond motifs is 1. The summed E-state index contributed by atoms with van der Waals surface area (Å²) >= 11 is 0. The fraction of sp³-hybridized carbons (Fsp3) is 0.571. The minimum absolute atomic E-state index is 0.585. The molecule has 4 rings (SSSR count). The van der Waals surface area contributed by atoms with Crippen LogP contribution in [0, 0.1) is 5.92 Å². The number of pyridine rings is 1. The van der Waals surface area contributed by atoms with E-state index < -0.39 is 0 Å². The number of aromatic nitrogens is 1. The Balaban J connectivity index is 1.36. The molecule has 2 heterocycles. The molecule has 1 aromatic carbocycles. The van der Waals surface area contributed by atoms with Crippen LogP contribution in [0.4, 0.5) is 5.69 Å². The fourth-order valence-corrected chi connectivity index (χ4v) is 4.48. The van der Waals surface area contributed by atoms with Gasteiger partial charge in [-0.2, -0.15) is 0 Å². The Morgan fingerprint density at radius 2 is 1.92 bits per heavy atom. The zero-order valence-corrected chi connectivity index (χ0v) is 14.6. The number of hydrogen-bond acceptors (Lipinski definition) is 3. The monoisotopic (exact) mass is 323 g/mol. The first-order valence-corrected chi connectivity index (χ1v) is 9.69. The van der Waals surface area contributed by atoms with Gasteiger partial charge in [0.1, 0.15) is 0 Å². The van der Waals surface area contributed by atoms with E-state index in [1.165, 1.54) is 81.0 Å². The normalized spacial score (nSPS) is 23.4. The first-order chi connectivity index (χ1) is 11.9. The first kappa shape index (κ1) is 15.9. The average Bonchev–Trinajstić information content (AvgIpc) is 2.63. The summed E-state index contributed by atoms with van der Waals surface area (Å²) in [5.41, 5.74) is 1.25. The maximum absolute atomic E-state index is 4.20. The van der Waals surface area contributed by atoms with Crippen LogP contribution in [0.5, 0.6) is 0 Å². The van der Waals surface area contributed by atoms with E-state index in [-0.39, 0.29) is 0 Å². The van der Waals surface area contributed by atoms with Gasteiger partial charge in [-0.05, 0) is 61.7 Å². The van der Waals surface area contributed by atoms with Crippen LogP contribution < -0.4 is 5.32 Å². The number of piperidine rings is 1. The molecule has 0 amide bonds. The maximum Gasteiger partial charge on any atom is 0.0388 e. The zero-order chi connectivity index (χ0) is 16.2. The van der Waals surface area contributed by atoms with Gasteiger partial charge in [0.05, 0.1) is 0 Å². The van der Waals surface area contributed by atoms with E-state index in [9.17, 15) is 0 Å². The fourth-order valence-electron chi connectivity index (χ4n) is 4.48. The van der Waals surface area contributed by atoms with E-state index in [0.717, 1.165) is 5.92 Å². The lowest BCUT2D eigenvalue weighted by atomic mass is 9.88. The van der Waals surface area contributed by atoms with Crippen molar-refractivity contribution < 1.29 is 0 Å². The predicted octanol–water partition coefficient (Wildman–Crippen LogP) is 4.69. The molecule has 1 aliphatic heterocycles. The molecule has 128 valence electrons. The second-order valence-electron chi connectivity index (χ2n) is 7.68. The van der Waals surface area contributed by atoms with Crippen LogP contribution in [-0.4, -0.2) is 35.6 Å². The van der Waals surface area contributed by atoms with E-state index in [1.54, 1.807) is 0 Å². The highest BCUT2D eigenvalue weighted by Crippen LogP contribution is 2.26. The summed E-state index contributed by atoms with van der Waals surface area (Å²) in [6, 6.07) is 9.31. The lowest BCUT2D eigenvalue weighted by Gasteiger charge is -2.36. The van der Waals surface area contributed by atoms with Crippen molar-refractivity contribution in [3.05, 3.63) is 36.7 Å². The van der Waals surface area contributed by atoms with Crippen molar-refractivity contribution in [3.63, 3.8) is 0 Å². The molecule has 1 aromatic heterocycles. The Morgan fingerprint density at radius 3 is 2.83 bits per heavy atom. The molecule has 2 aliphatic rings. The van der Waals surface area contributed by atoms with Gasteiger partial charge in [0.15, 0.2) is 0 Å². The van der Waals surface area contributed by atoms with Crippen LogP contribution in [0.1, 0.15) is 44.9 Å². The number of anilines is 1. The lowest BCUT2D eigenvalue weighted by Crippen LogP contribution is -2.44. The molecular formula is C21H29N3. The summed E-state index contributed by atoms with van der Waals surface area (Å²) in [6.07, 6.45) is 13.7. The smallest absolute Gasteiger partial charge is 0.0388 e. The number of nitrogens with one attached hydrogen (secondary N) is 1. The second-order valence-corrected chi connectivity index (χ2v) is 7.68.